The summed E-state index contributed by atoms with van der Waals surface area (Å²) in [7, 11) is 0. The zero-order chi connectivity index (χ0) is 16.5. The van der Waals surface area contributed by atoms with Crippen molar-refractivity contribution in [2.75, 3.05) is 0 Å². The maximum atomic E-state index is 12.9. The number of nitrogens with zero attached hydrogens (tertiary/aromatic N) is 3. The van der Waals surface area contributed by atoms with Crippen LogP contribution in [-0.2, 0) is 0 Å². The van der Waals surface area contributed by atoms with Crippen molar-refractivity contribution in [2.45, 2.75) is 20.8 Å². The lowest BCUT2D eigenvalue weighted by molar-refractivity contribution is 0.0697. The van der Waals surface area contributed by atoms with E-state index in [4.69, 9.17) is 5.11 Å². The van der Waals surface area contributed by atoms with Crippen LogP contribution in [0.25, 0.3) is 11.8 Å². The number of halogens is 1. The third-order valence-corrected chi connectivity index (χ3v) is 2.58. The van der Waals surface area contributed by atoms with Crippen molar-refractivity contribution in [3.8, 4) is 5.69 Å². The molecule has 2 aromatic rings. The number of rotatable bonds is 4. The second-order valence-electron chi connectivity index (χ2n) is 3.95. The summed E-state index contributed by atoms with van der Waals surface area (Å²) in [6, 6.07) is 6.21. The van der Waals surface area contributed by atoms with Crippen LogP contribution < -0.4 is 0 Å². The van der Waals surface area contributed by atoms with Gasteiger partial charge in [0.2, 0.25) is 0 Å². The molecule has 1 aromatic heterocycles. The molecule has 0 bridgehead atoms. The number of hydrogen-bond acceptors (Lipinski definition) is 3. The summed E-state index contributed by atoms with van der Waals surface area (Å²) >= 11 is 0. The maximum absolute atomic E-state index is 12.9. The van der Waals surface area contributed by atoms with Crippen molar-refractivity contribution in [3.63, 3.8) is 0 Å². The van der Waals surface area contributed by atoms with Gasteiger partial charge in [0.15, 0.2) is 0 Å². The molecule has 1 N–H and O–H groups in total. The lowest BCUT2D eigenvalue weighted by atomic mass is 10.2. The van der Waals surface area contributed by atoms with E-state index in [2.05, 4.69) is 10.3 Å². The maximum Gasteiger partial charge on any atom is 0.335 e. The number of allylic oxidation sites excluding steroid dienone is 3. The third-order valence-electron chi connectivity index (χ3n) is 2.58. The van der Waals surface area contributed by atoms with Crippen molar-refractivity contribution < 1.29 is 14.3 Å². The van der Waals surface area contributed by atoms with E-state index in [-0.39, 0.29) is 11.4 Å². The van der Waals surface area contributed by atoms with Gasteiger partial charge in [-0.25, -0.2) is 13.9 Å². The summed E-state index contributed by atoms with van der Waals surface area (Å²) in [5.74, 6) is -1.34. The second kappa shape index (κ2) is 8.51. The van der Waals surface area contributed by atoms with Gasteiger partial charge in [0.1, 0.15) is 11.5 Å². The number of carboxylic acids is 1. The number of hydrogen-bond donors (Lipinski definition) is 1. The topological polar surface area (TPSA) is 68.0 Å². The normalized spacial score (nSPS) is 11.2. The highest BCUT2D eigenvalue weighted by atomic mass is 19.1. The van der Waals surface area contributed by atoms with E-state index < -0.39 is 5.97 Å². The lowest BCUT2D eigenvalue weighted by Crippen LogP contribution is -1.98. The Kier molecular flexibility index (Phi) is 6.69. The van der Waals surface area contributed by atoms with Crippen LogP contribution in [0.5, 0.6) is 0 Å². The highest BCUT2D eigenvalue weighted by molar-refractivity contribution is 5.87. The molecule has 22 heavy (non-hydrogen) atoms. The average Bonchev–Trinajstić information content (AvgIpc) is 3.03. The molecule has 6 heteroatoms. The predicted octanol–water partition coefficient (Wildman–Crippen LogP) is 3.88. The standard InChI is InChI=1S/C14H12FN3O2.C2H6/c1-2-11(15)5-6-12-9-18(17-16-12)13-7-3-10(4-8-13)14(19)20;1-2/h2-9H,1H3,(H,19,20);1-2H3/b6-5+,11-2?;. The fraction of sp³-hybridized carbons (Fsp3) is 0.188. The van der Waals surface area contributed by atoms with Crippen LogP contribution in [-0.4, -0.2) is 26.1 Å². The molecule has 1 aromatic carbocycles. The van der Waals surface area contributed by atoms with E-state index >= 15 is 0 Å². The zero-order valence-corrected chi connectivity index (χ0v) is 12.7. The fourth-order valence-corrected chi connectivity index (χ4v) is 1.50. The molecule has 0 radical (unpaired) electrons. The summed E-state index contributed by atoms with van der Waals surface area (Å²) in [5.41, 5.74) is 1.38. The molecule has 0 unspecified atom stereocenters. The van der Waals surface area contributed by atoms with Crippen LogP contribution in [0, 0.1) is 0 Å². The van der Waals surface area contributed by atoms with Gasteiger partial charge in [0.25, 0.3) is 0 Å². The van der Waals surface area contributed by atoms with Crippen molar-refractivity contribution >= 4 is 12.0 Å². The summed E-state index contributed by atoms with van der Waals surface area (Å²) in [6.07, 6.45) is 5.76. The third kappa shape index (κ3) is 4.66. The Hall–Kier alpha value is -2.76. The van der Waals surface area contributed by atoms with Crippen molar-refractivity contribution in [1.82, 2.24) is 15.0 Å². The van der Waals surface area contributed by atoms with Crippen LogP contribution in [0.3, 0.4) is 0 Å². The number of carboxylic acid groups (broad SMARTS) is 1. The molecule has 5 nitrogen and oxygen atoms in total. The molecule has 0 amide bonds. The van der Waals surface area contributed by atoms with Crippen molar-refractivity contribution in [1.29, 1.82) is 0 Å². The Morgan fingerprint density at radius 1 is 1.27 bits per heavy atom. The van der Waals surface area contributed by atoms with E-state index in [0.717, 1.165) is 0 Å². The van der Waals surface area contributed by atoms with Gasteiger partial charge in [0, 0.05) is 0 Å². The van der Waals surface area contributed by atoms with Crippen LogP contribution in [0.15, 0.2) is 48.4 Å². The largest absolute Gasteiger partial charge is 0.478 e. The minimum atomic E-state index is -0.986. The Morgan fingerprint density at radius 2 is 1.91 bits per heavy atom. The van der Waals surface area contributed by atoms with Crippen LogP contribution in [0.1, 0.15) is 36.8 Å². The molecular weight excluding hydrogens is 285 g/mol. The van der Waals surface area contributed by atoms with E-state index in [1.807, 2.05) is 13.8 Å². The number of aromatic carboxylic acids is 1. The fourth-order valence-electron chi connectivity index (χ4n) is 1.50. The number of carbonyl (C=O) groups is 1. The van der Waals surface area contributed by atoms with Crippen LogP contribution in [0.4, 0.5) is 4.39 Å². The molecular formula is C16H18FN3O2. The minimum absolute atomic E-state index is 0.198. The molecule has 0 saturated heterocycles. The van der Waals surface area contributed by atoms with Gasteiger partial charge in [-0.05, 0) is 43.3 Å². The van der Waals surface area contributed by atoms with Gasteiger partial charge in [-0.3, -0.25) is 0 Å². The summed E-state index contributed by atoms with van der Waals surface area (Å²) in [4.78, 5) is 10.7. The van der Waals surface area contributed by atoms with Crippen molar-refractivity contribution in [2.24, 2.45) is 0 Å². The molecule has 0 spiro atoms. The van der Waals surface area contributed by atoms with E-state index in [1.165, 1.54) is 35.0 Å². The number of aromatic nitrogens is 3. The Bertz CT molecular complexity index is 673. The smallest absolute Gasteiger partial charge is 0.335 e. The Morgan fingerprint density at radius 3 is 2.45 bits per heavy atom. The average molecular weight is 303 g/mol. The zero-order valence-electron chi connectivity index (χ0n) is 12.7. The predicted molar refractivity (Wildman–Crippen MR) is 83.6 cm³/mol. The SMILES string of the molecule is CC.CC=C(F)/C=C/c1cn(-c2ccc(C(=O)O)cc2)nn1. The first-order valence-electron chi connectivity index (χ1n) is 6.86. The quantitative estimate of drug-likeness (QED) is 0.870. The minimum Gasteiger partial charge on any atom is -0.478 e. The van der Waals surface area contributed by atoms with Gasteiger partial charge in [-0.1, -0.05) is 25.1 Å². The Balaban J connectivity index is 0.00000116. The van der Waals surface area contributed by atoms with E-state index in [0.29, 0.717) is 11.4 Å². The molecule has 1 heterocycles. The van der Waals surface area contributed by atoms with Crippen LogP contribution in [0.2, 0.25) is 0 Å². The molecule has 0 atom stereocenters. The van der Waals surface area contributed by atoms with Crippen LogP contribution >= 0.6 is 0 Å². The summed E-state index contributed by atoms with van der Waals surface area (Å²) < 4.78 is 14.4. The van der Waals surface area contributed by atoms with Gasteiger partial charge in [-0.2, -0.15) is 0 Å². The summed E-state index contributed by atoms with van der Waals surface area (Å²) in [5, 5.41) is 16.6. The molecule has 0 aliphatic rings. The number of benzene rings is 1. The molecule has 0 aliphatic carbocycles. The molecule has 116 valence electrons. The highest BCUT2D eigenvalue weighted by Gasteiger charge is 2.04. The first kappa shape index (κ1) is 17.3. The first-order valence-corrected chi connectivity index (χ1v) is 6.86. The Labute approximate surface area is 128 Å². The molecule has 2 rings (SSSR count). The lowest BCUT2D eigenvalue weighted by Gasteiger charge is -1.99. The highest BCUT2D eigenvalue weighted by Crippen LogP contribution is 2.10. The van der Waals surface area contributed by atoms with Crippen molar-refractivity contribution in [3.05, 3.63) is 59.7 Å². The van der Waals surface area contributed by atoms with Gasteiger partial charge < -0.3 is 5.11 Å². The van der Waals surface area contributed by atoms with E-state index in [1.54, 1.807) is 25.3 Å². The molecule has 0 fully saturated rings. The van der Waals surface area contributed by atoms with Gasteiger partial charge in [0.05, 0.1) is 17.4 Å². The molecule has 0 saturated carbocycles. The second-order valence-corrected chi connectivity index (χ2v) is 3.95. The van der Waals surface area contributed by atoms with Gasteiger partial charge >= 0.3 is 5.97 Å². The monoisotopic (exact) mass is 303 g/mol. The first-order chi connectivity index (χ1) is 10.6. The molecule has 0 aliphatic heterocycles. The van der Waals surface area contributed by atoms with Gasteiger partial charge in [-0.15, -0.1) is 5.10 Å². The van der Waals surface area contributed by atoms with E-state index in [9.17, 15) is 9.18 Å². The summed E-state index contributed by atoms with van der Waals surface area (Å²) in [6.45, 7) is 5.60.